The van der Waals surface area contributed by atoms with Crippen molar-refractivity contribution in [1.82, 2.24) is 0 Å². The second kappa shape index (κ2) is 6.74. The summed E-state index contributed by atoms with van der Waals surface area (Å²) < 4.78 is 0. The molecule has 0 bridgehead atoms. The zero-order valence-corrected chi connectivity index (χ0v) is 5.74. The SMILES string of the molecule is C=[C]CCCCCC. The summed E-state index contributed by atoms with van der Waals surface area (Å²) in [5.41, 5.74) is 0. The van der Waals surface area contributed by atoms with Crippen LogP contribution in [0.15, 0.2) is 6.58 Å². The molecule has 0 aliphatic heterocycles. The number of unbranched alkanes of at least 4 members (excludes halogenated alkanes) is 4. The van der Waals surface area contributed by atoms with Crippen molar-refractivity contribution in [2.45, 2.75) is 39.0 Å². The molecular weight excluding hydrogens is 96.1 g/mol. The van der Waals surface area contributed by atoms with Crippen molar-refractivity contribution in [3.05, 3.63) is 12.7 Å². The Morgan fingerprint density at radius 1 is 1.25 bits per heavy atom. The van der Waals surface area contributed by atoms with E-state index in [4.69, 9.17) is 0 Å². The molecule has 0 aromatic rings. The second-order valence-electron chi connectivity index (χ2n) is 2.06. The van der Waals surface area contributed by atoms with Gasteiger partial charge in [0, 0.05) is 0 Å². The minimum absolute atomic E-state index is 1.07. The third-order valence-electron chi connectivity index (χ3n) is 1.21. The predicted molar refractivity (Wildman–Crippen MR) is 37.6 cm³/mol. The van der Waals surface area contributed by atoms with Crippen LogP contribution in [0, 0.1) is 6.08 Å². The van der Waals surface area contributed by atoms with Crippen LogP contribution in [0.4, 0.5) is 0 Å². The Hall–Kier alpha value is -0.260. The Balaban J connectivity index is 2.62. The average molecular weight is 111 g/mol. The molecule has 0 fully saturated rings. The first-order valence-electron chi connectivity index (χ1n) is 3.41. The minimum atomic E-state index is 1.07. The van der Waals surface area contributed by atoms with Crippen LogP contribution >= 0.6 is 0 Å². The number of rotatable bonds is 5. The first-order valence-corrected chi connectivity index (χ1v) is 3.41. The summed E-state index contributed by atoms with van der Waals surface area (Å²) in [5.74, 6) is 0. The molecular formula is C8H15. The summed E-state index contributed by atoms with van der Waals surface area (Å²) in [7, 11) is 0. The van der Waals surface area contributed by atoms with Gasteiger partial charge in [-0.25, -0.2) is 0 Å². The normalized spacial score (nSPS) is 9.12. The molecule has 0 aliphatic carbocycles. The summed E-state index contributed by atoms with van der Waals surface area (Å²) in [4.78, 5) is 0. The van der Waals surface area contributed by atoms with Crippen LogP contribution in [0.5, 0.6) is 0 Å². The Morgan fingerprint density at radius 2 is 2.00 bits per heavy atom. The lowest BCUT2D eigenvalue weighted by atomic mass is 10.2. The molecule has 8 heavy (non-hydrogen) atoms. The Labute approximate surface area is 52.6 Å². The molecule has 0 saturated heterocycles. The van der Waals surface area contributed by atoms with E-state index in [1.165, 1.54) is 25.7 Å². The Bertz CT molecular complexity index is 46.0. The molecule has 1 radical (unpaired) electrons. The number of hydrogen-bond donors (Lipinski definition) is 0. The van der Waals surface area contributed by atoms with Gasteiger partial charge in [0.25, 0.3) is 0 Å². The van der Waals surface area contributed by atoms with Crippen LogP contribution in [0.25, 0.3) is 0 Å². The topological polar surface area (TPSA) is 0 Å². The lowest BCUT2D eigenvalue weighted by Crippen LogP contribution is -1.72. The third-order valence-corrected chi connectivity index (χ3v) is 1.21. The molecule has 0 saturated carbocycles. The molecule has 0 aromatic carbocycles. The van der Waals surface area contributed by atoms with Crippen LogP contribution in [-0.4, -0.2) is 0 Å². The van der Waals surface area contributed by atoms with Gasteiger partial charge in [-0.05, 0) is 12.8 Å². The van der Waals surface area contributed by atoms with Crippen molar-refractivity contribution in [3.8, 4) is 0 Å². The molecule has 0 spiro atoms. The van der Waals surface area contributed by atoms with Crippen LogP contribution in [0.2, 0.25) is 0 Å². The van der Waals surface area contributed by atoms with Gasteiger partial charge in [0.1, 0.15) is 0 Å². The molecule has 0 atom stereocenters. The largest absolute Gasteiger partial charge is 0.0956 e. The van der Waals surface area contributed by atoms with Crippen LogP contribution in [-0.2, 0) is 0 Å². The zero-order valence-electron chi connectivity index (χ0n) is 5.74. The summed E-state index contributed by atoms with van der Waals surface area (Å²) >= 11 is 0. The fourth-order valence-corrected chi connectivity index (χ4v) is 0.677. The van der Waals surface area contributed by atoms with Gasteiger partial charge in [-0.2, -0.15) is 0 Å². The lowest BCUT2D eigenvalue weighted by Gasteiger charge is -1.91. The second-order valence-corrected chi connectivity index (χ2v) is 2.06. The molecule has 0 aliphatic rings. The summed E-state index contributed by atoms with van der Waals surface area (Å²) in [6.45, 7) is 5.75. The molecule has 47 valence electrons. The van der Waals surface area contributed by atoms with Gasteiger partial charge in [0.05, 0.1) is 0 Å². The highest BCUT2D eigenvalue weighted by molar-refractivity contribution is 4.54. The molecule has 0 N–H and O–H groups in total. The van der Waals surface area contributed by atoms with E-state index in [1.807, 2.05) is 0 Å². The van der Waals surface area contributed by atoms with Crippen molar-refractivity contribution < 1.29 is 0 Å². The van der Waals surface area contributed by atoms with Gasteiger partial charge in [-0.1, -0.05) is 38.8 Å². The van der Waals surface area contributed by atoms with Crippen molar-refractivity contribution in [2.24, 2.45) is 0 Å². The highest BCUT2D eigenvalue weighted by Gasteiger charge is 1.81. The standard InChI is InChI=1S/C8H15/c1-3-5-7-8-6-4-2/h1,4-8H2,2H3. The fourth-order valence-electron chi connectivity index (χ4n) is 0.677. The van der Waals surface area contributed by atoms with E-state index in [9.17, 15) is 0 Å². The van der Waals surface area contributed by atoms with Gasteiger partial charge >= 0.3 is 0 Å². The minimum Gasteiger partial charge on any atom is -0.0956 e. The van der Waals surface area contributed by atoms with E-state index in [0.29, 0.717) is 0 Å². The fraction of sp³-hybridized carbons (Fsp3) is 0.750. The van der Waals surface area contributed by atoms with Gasteiger partial charge in [0.15, 0.2) is 0 Å². The maximum Gasteiger partial charge on any atom is -0.0282 e. The van der Waals surface area contributed by atoms with Crippen LogP contribution in [0.3, 0.4) is 0 Å². The maximum atomic E-state index is 3.53. The Kier molecular flexibility index (Phi) is 6.52. The van der Waals surface area contributed by atoms with E-state index in [1.54, 1.807) is 0 Å². The van der Waals surface area contributed by atoms with Gasteiger partial charge in [-0.15, -0.1) is 0 Å². The molecule has 0 nitrogen and oxygen atoms in total. The Morgan fingerprint density at radius 3 is 2.50 bits per heavy atom. The van der Waals surface area contributed by atoms with Crippen molar-refractivity contribution in [2.75, 3.05) is 0 Å². The zero-order chi connectivity index (χ0) is 6.24. The average Bonchev–Trinajstić information content (AvgIpc) is 1.81. The molecule has 0 unspecified atom stereocenters. The van der Waals surface area contributed by atoms with Gasteiger partial charge in [-0.3, -0.25) is 0 Å². The summed E-state index contributed by atoms with van der Waals surface area (Å²) in [6, 6.07) is 0. The lowest BCUT2D eigenvalue weighted by molar-refractivity contribution is 0.671. The van der Waals surface area contributed by atoms with Gasteiger partial charge < -0.3 is 0 Å². The smallest absolute Gasteiger partial charge is 0.0282 e. The van der Waals surface area contributed by atoms with E-state index >= 15 is 0 Å². The highest BCUT2D eigenvalue weighted by atomic mass is 13.9. The molecule has 0 rings (SSSR count). The molecule has 0 amide bonds. The van der Waals surface area contributed by atoms with E-state index in [0.717, 1.165) is 6.42 Å². The predicted octanol–water partition coefficient (Wildman–Crippen LogP) is 2.95. The molecule has 0 heteroatoms. The first kappa shape index (κ1) is 7.74. The van der Waals surface area contributed by atoms with E-state index in [-0.39, 0.29) is 0 Å². The number of hydrogen-bond acceptors (Lipinski definition) is 0. The first-order chi connectivity index (χ1) is 3.91. The quantitative estimate of drug-likeness (QED) is 0.478. The monoisotopic (exact) mass is 111 g/mol. The molecule has 0 aromatic heterocycles. The number of allylic oxidation sites excluding steroid dienone is 1. The highest BCUT2D eigenvalue weighted by Crippen LogP contribution is 2.00. The van der Waals surface area contributed by atoms with Crippen LogP contribution < -0.4 is 0 Å². The molecule has 0 heterocycles. The van der Waals surface area contributed by atoms with Crippen molar-refractivity contribution in [3.63, 3.8) is 0 Å². The van der Waals surface area contributed by atoms with Gasteiger partial charge in [0.2, 0.25) is 0 Å². The van der Waals surface area contributed by atoms with Crippen molar-refractivity contribution >= 4 is 0 Å². The summed E-state index contributed by atoms with van der Waals surface area (Å²) in [6.07, 6.45) is 9.25. The third kappa shape index (κ3) is 5.74. The van der Waals surface area contributed by atoms with Crippen molar-refractivity contribution in [1.29, 1.82) is 0 Å². The summed E-state index contributed by atoms with van der Waals surface area (Å²) in [5, 5.41) is 0. The van der Waals surface area contributed by atoms with Crippen LogP contribution in [0.1, 0.15) is 39.0 Å². The van der Waals surface area contributed by atoms with E-state index < -0.39 is 0 Å². The maximum absolute atomic E-state index is 3.53. The van der Waals surface area contributed by atoms with E-state index in [2.05, 4.69) is 19.6 Å².